The first-order chi connectivity index (χ1) is 10.7. The third kappa shape index (κ3) is 3.71. The Morgan fingerprint density at radius 2 is 1.82 bits per heavy atom. The number of hydrogen-bond donors (Lipinski definition) is 1. The molecular weight excluding hydrogens is 281 g/mol. The fourth-order valence-electron chi connectivity index (χ4n) is 2.45. The van der Waals surface area contributed by atoms with E-state index < -0.39 is 0 Å². The number of aromatic nitrogens is 2. The lowest BCUT2D eigenvalue weighted by molar-refractivity contribution is 0.312. The topological polar surface area (TPSA) is 44.3 Å². The number of nitrogens with zero attached hydrogens (tertiary/aromatic N) is 4. The van der Waals surface area contributed by atoms with Gasteiger partial charge < -0.3 is 15.1 Å². The van der Waals surface area contributed by atoms with E-state index in [2.05, 4.69) is 32.1 Å². The zero-order valence-corrected chi connectivity index (χ0v) is 12.7. The summed E-state index contributed by atoms with van der Waals surface area (Å²) in [5, 5.41) is 3.26. The average Bonchev–Trinajstić information content (AvgIpc) is 2.55. The SMILES string of the molecule is CN1CCN(c2cc(NCc3ccc(F)cc3)ncn2)CC1. The summed E-state index contributed by atoms with van der Waals surface area (Å²) in [6.07, 6.45) is 1.58. The molecule has 5 nitrogen and oxygen atoms in total. The maximum Gasteiger partial charge on any atom is 0.134 e. The van der Waals surface area contributed by atoms with Crippen LogP contribution in [0.2, 0.25) is 0 Å². The molecule has 1 aromatic heterocycles. The maximum atomic E-state index is 12.9. The van der Waals surface area contributed by atoms with Crippen molar-refractivity contribution in [1.29, 1.82) is 0 Å². The predicted octanol–water partition coefficient (Wildman–Crippen LogP) is 1.98. The summed E-state index contributed by atoms with van der Waals surface area (Å²) in [5.74, 6) is 1.51. The van der Waals surface area contributed by atoms with E-state index in [0.29, 0.717) is 6.54 Å². The Hall–Kier alpha value is -2.21. The molecule has 0 spiro atoms. The molecule has 1 N–H and O–H groups in total. The highest BCUT2D eigenvalue weighted by atomic mass is 19.1. The molecule has 1 saturated heterocycles. The average molecular weight is 301 g/mol. The summed E-state index contributed by atoms with van der Waals surface area (Å²) in [5.41, 5.74) is 1.01. The normalized spacial score (nSPS) is 15.8. The number of nitrogens with one attached hydrogen (secondary N) is 1. The van der Waals surface area contributed by atoms with Crippen LogP contribution in [-0.2, 0) is 6.54 Å². The lowest BCUT2D eigenvalue weighted by Crippen LogP contribution is -2.44. The van der Waals surface area contributed by atoms with Gasteiger partial charge in [0.1, 0.15) is 23.8 Å². The van der Waals surface area contributed by atoms with Gasteiger partial charge in [0.2, 0.25) is 0 Å². The van der Waals surface area contributed by atoms with E-state index in [9.17, 15) is 4.39 Å². The summed E-state index contributed by atoms with van der Waals surface area (Å²) >= 11 is 0. The monoisotopic (exact) mass is 301 g/mol. The Kier molecular flexibility index (Phi) is 4.48. The first-order valence-electron chi connectivity index (χ1n) is 7.44. The molecule has 0 atom stereocenters. The van der Waals surface area contributed by atoms with Crippen LogP contribution in [0.25, 0.3) is 0 Å². The largest absolute Gasteiger partial charge is 0.366 e. The molecule has 0 bridgehead atoms. The smallest absolute Gasteiger partial charge is 0.134 e. The quantitative estimate of drug-likeness (QED) is 0.935. The minimum absolute atomic E-state index is 0.219. The Bertz CT molecular complexity index is 608. The number of benzene rings is 1. The van der Waals surface area contributed by atoms with Crippen molar-refractivity contribution in [3.8, 4) is 0 Å². The molecule has 6 heteroatoms. The van der Waals surface area contributed by atoms with E-state index in [1.807, 2.05) is 6.07 Å². The van der Waals surface area contributed by atoms with Crippen LogP contribution in [0.15, 0.2) is 36.7 Å². The van der Waals surface area contributed by atoms with Gasteiger partial charge >= 0.3 is 0 Å². The third-order valence-electron chi connectivity index (χ3n) is 3.87. The van der Waals surface area contributed by atoms with E-state index in [-0.39, 0.29) is 5.82 Å². The van der Waals surface area contributed by atoms with Crippen LogP contribution >= 0.6 is 0 Å². The second-order valence-corrected chi connectivity index (χ2v) is 5.53. The molecule has 2 heterocycles. The minimum atomic E-state index is -0.219. The molecule has 0 amide bonds. The molecule has 3 rings (SSSR count). The summed E-state index contributed by atoms with van der Waals surface area (Å²) in [4.78, 5) is 13.2. The molecule has 0 radical (unpaired) electrons. The lowest BCUT2D eigenvalue weighted by Gasteiger charge is -2.33. The van der Waals surface area contributed by atoms with Crippen molar-refractivity contribution in [3.63, 3.8) is 0 Å². The van der Waals surface area contributed by atoms with E-state index in [1.54, 1.807) is 18.5 Å². The Balaban J connectivity index is 1.62. The molecule has 0 saturated carbocycles. The predicted molar refractivity (Wildman–Crippen MR) is 85.5 cm³/mol. The first kappa shape index (κ1) is 14.7. The molecule has 1 aliphatic rings. The van der Waals surface area contributed by atoms with Gasteiger partial charge in [-0.15, -0.1) is 0 Å². The van der Waals surface area contributed by atoms with Gasteiger partial charge in [0.25, 0.3) is 0 Å². The highest BCUT2D eigenvalue weighted by molar-refractivity contribution is 5.49. The van der Waals surface area contributed by atoms with Crippen LogP contribution in [0.5, 0.6) is 0 Å². The van der Waals surface area contributed by atoms with Gasteiger partial charge in [-0.25, -0.2) is 14.4 Å². The molecule has 116 valence electrons. The zero-order valence-electron chi connectivity index (χ0n) is 12.7. The van der Waals surface area contributed by atoms with Crippen molar-refractivity contribution in [1.82, 2.24) is 14.9 Å². The van der Waals surface area contributed by atoms with E-state index in [4.69, 9.17) is 0 Å². The molecule has 2 aromatic rings. The van der Waals surface area contributed by atoms with Crippen molar-refractivity contribution in [2.75, 3.05) is 43.4 Å². The summed E-state index contributed by atoms with van der Waals surface area (Å²) in [7, 11) is 2.13. The number of piperazine rings is 1. The highest BCUT2D eigenvalue weighted by Gasteiger charge is 2.15. The lowest BCUT2D eigenvalue weighted by atomic mass is 10.2. The van der Waals surface area contributed by atoms with Gasteiger partial charge in [-0.1, -0.05) is 12.1 Å². The number of likely N-dealkylation sites (N-methyl/N-ethyl adjacent to an activating group) is 1. The van der Waals surface area contributed by atoms with Crippen LogP contribution in [0, 0.1) is 5.82 Å². The van der Waals surface area contributed by atoms with Crippen LogP contribution < -0.4 is 10.2 Å². The molecular formula is C16H20FN5. The second-order valence-electron chi connectivity index (χ2n) is 5.53. The van der Waals surface area contributed by atoms with Crippen molar-refractivity contribution in [2.45, 2.75) is 6.54 Å². The standard InChI is InChI=1S/C16H20FN5/c1-21-6-8-22(9-7-21)16-10-15(19-12-20-16)18-11-13-2-4-14(17)5-3-13/h2-5,10,12H,6-9,11H2,1H3,(H,18,19,20). The van der Waals surface area contributed by atoms with Gasteiger partial charge in [0, 0.05) is 38.8 Å². The summed E-state index contributed by atoms with van der Waals surface area (Å²) in [6.45, 7) is 4.65. The van der Waals surface area contributed by atoms with Crippen molar-refractivity contribution in [3.05, 3.63) is 48.0 Å². The van der Waals surface area contributed by atoms with Crippen LogP contribution in [-0.4, -0.2) is 48.1 Å². The molecule has 1 aromatic carbocycles. The van der Waals surface area contributed by atoms with Crippen LogP contribution in [0.1, 0.15) is 5.56 Å². The van der Waals surface area contributed by atoms with E-state index in [0.717, 1.165) is 43.4 Å². The van der Waals surface area contributed by atoms with E-state index in [1.165, 1.54) is 12.1 Å². The first-order valence-corrected chi connectivity index (χ1v) is 7.44. The van der Waals surface area contributed by atoms with Gasteiger partial charge in [0.05, 0.1) is 0 Å². The minimum Gasteiger partial charge on any atom is -0.366 e. The number of hydrogen-bond acceptors (Lipinski definition) is 5. The zero-order chi connectivity index (χ0) is 15.4. The van der Waals surface area contributed by atoms with Gasteiger partial charge in [-0.3, -0.25) is 0 Å². The number of anilines is 2. The fourth-order valence-corrected chi connectivity index (χ4v) is 2.45. The van der Waals surface area contributed by atoms with Crippen molar-refractivity contribution < 1.29 is 4.39 Å². The molecule has 0 unspecified atom stereocenters. The van der Waals surface area contributed by atoms with Gasteiger partial charge in [-0.2, -0.15) is 0 Å². The molecule has 1 fully saturated rings. The summed E-state index contributed by atoms with van der Waals surface area (Å²) in [6, 6.07) is 8.43. The van der Waals surface area contributed by atoms with Crippen molar-refractivity contribution in [2.24, 2.45) is 0 Å². The Morgan fingerprint density at radius 1 is 1.09 bits per heavy atom. The fraction of sp³-hybridized carbons (Fsp3) is 0.375. The number of halogens is 1. The molecule has 1 aliphatic heterocycles. The van der Waals surface area contributed by atoms with Gasteiger partial charge in [0.15, 0.2) is 0 Å². The van der Waals surface area contributed by atoms with Gasteiger partial charge in [-0.05, 0) is 24.7 Å². The highest BCUT2D eigenvalue weighted by Crippen LogP contribution is 2.16. The van der Waals surface area contributed by atoms with Crippen LogP contribution in [0.3, 0.4) is 0 Å². The number of rotatable bonds is 4. The van der Waals surface area contributed by atoms with Crippen LogP contribution in [0.4, 0.5) is 16.0 Å². The Morgan fingerprint density at radius 3 is 2.55 bits per heavy atom. The maximum absolute atomic E-state index is 12.9. The Labute approximate surface area is 129 Å². The van der Waals surface area contributed by atoms with Crippen molar-refractivity contribution >= 4 is 11.6 Å². The van der Waals surface area contributed by atoms with E-state index >= 15 is 0 Å². The molecule has 0 aliphatic carbocycles. The summed E-state index contributed by atoms with van der Waals surface area (Å²) < 4.78 is 12.9. The third-order valence-corrected chi connectivity index (χ3v) is 3.87. The second kappa shape index (κ2) is 6.70. The molecule has 22 heavy (non-hydrogen) atoms.